The Labute approximate surface area is 125 Å². The van der Waals surface area contributed by atoms with Crippen molar-refractivity contribution < 1.29 is 14.3 Å². The van der Waals surface area contributed by atoms with E-state index in [1.54, 1.807) is 19.2 Å². The number of ether oxygens (including phenoxy) is 2. The number of methoxy groups -OCH3 is 1. The van der Waals surface area contributed by atoms with Gasteiger partial charge in [0.05, 0.1) is 7.11 Å². The summed E-state index contributed by atoms with van der Waals surface area (Å²) in [5, 5.41) is 2.99. The van der Waals surface area contributed by atoms with Crippen LogP contribution in [0, 0.1) is 0 Å². The van der Waals surface area contributed by atoms with Crippen LogP contribution in [0.4, 0.5) is 5.69 Å². The Kier molecular flexibility index (Phi) is 5.01. The molecule has 0 radical (unpaired) electrons. The van der Waals surface area contributed by atoms with Gasteiger partial charge < -0.3 is 14.8 Å². The van der Waals surface area contributed by atoms with E-state index in [0.717, 1.165) is 15.9 Å². The molecule has 0 fully saturated rings. The van der Waals surface area contributed by atoms with E-state index in [0.29, 0.717) is 5.75 Å². The number of esters is 1. The van der Waals surface area contributed by atoms with Crippen LogP contribution in [0.3, 0.4) is 0 Å². The summed E-state index contributed by atoms with van der Waals surface area (Å²) in [6, 6.07) is 14.4. The van der Waals surface area contributed by atoms with Crippen molar-refractivity contribution in [3.05, 3.63) is 53.0 Å². The molecule has 0 atom stereocenters. The van der Waals surface area contributed by atoms with Gasteiger partial charge in [0.15, 0.2) is 0 Å². The van der Waals surface area contributed by atoms with Gasteiger partial charge in [-0.1, -0.05) is 15.9 Å². The second-order valence-electron chi connectivity index (χ2n) is 4.01. The zero-order valence-electron chi connectivity index (χ0n) is 10.9. The highest BCUT2D eigenvalue weighted by Gasteiger charge is 2.04. The number of rotatable bonds is 5. The summed E-state index contributed by atoms with van der Waals surface area (Å²) in [4.78, 5) is 11.7. The third-order valence-corrected chi connectivity index (χ3v) is 3.10. The van der Waals surface area contributed by atoms with Crippen molar-refractivity contribution in [1.29, 1.82) is 0 Å². The predicted octanol–water partition coefficient (Wildman–Crippen LogP) is 3.48. The maximum absolute atomic E-state index is 11.7. The fraction of sp³-hybridized carbons (Fsp3) is 0.133. The topological polar surface area (TPSA) is 47.6 Å². The Balaban J connectivity index is 1.83. The van der Waals surface area contributed by atoms with E-state index in [4.69, 9.17) is 9.47 Å². The Hall–Kier alpha value is -2.01. The molecule has 0 spiro atoms. The fourth-order valence-corrected chi connectivity index (χ4v) is 1.82. The van der Waals surface area contributed by atoms with Gasteiger partial charge in [0, 0.05) is 10.2 Å². The zero-order chi connectivity index (χ0) is 14.4. The van der Waals surface area contributed by atoms with Gasteiger partial charge in [0.25, 0.3) is 0 Å². The van der Waals surface area contributed by atoms with Crippen molar-refractivity contribution in [2.45, 2.75) is 0 Å². The minimum absolute atomic E-state index is 0.0996. The average molecular weight is 336 g/mol. The predicted molar refractivity (Wildman–Crippen MR) is 81.3 cm³/mol. The first kappa shape index (κ1) is 14.4. The zero-order valence-corrected chi connectivity index (χ0v) is 12.5. The van der Waals surface area contributed by atoms with Gasteiger partial charge in [-0.25, -0.2) is 4.79 Å². The number of nitrogens with one attached hydrogen (secondary N) is 1. The van der Waals surface area contributed by atoms with Crippen LogP contribution in [0.25, 0.3) is 0 Å². The monoisotopic (exact) mass is 335 g/mol. The molecule has 20 heavy (non-hydrogen) atoms. The smallest absolute Gasteiger partial charge is 0.330 e. The molecule has 0 saturated carbocycles. The summed E-state index contributed by atoms with van der Waals surface area (Å²) >= 11 is 3.32. The standard InChI is InChI=1S/C15H14BrNO3/c1-19-13-8-4-12(5-9-13)17-10-15(18)20-14-6-2-11(16)3-7-14/h2-9,17H,10H2,1H3. The SMILES string of the molecule is COc1ccc(NCC(=O)Oc2ccc(Br)cc2)cc1. The first-order chi connectivity index (χ1) is 9.67. The molecule has 4 nitrogen and oxygen atoms in total. The molecule has 0 amide bonds. The summed E-state index contributed by atoms with van der Waals surface area (Å²) in [5.74, 6) is 0.950. The van der Waals surface area contributed by atoms with E-state index in [1.165, 1.54) is 0 Å². The number of hydrogen-bond donors (Lipinski definition) is 1. The van der Waals surface area contributed by atoms with E-state index in [1.807, 2.05) is 36.4 Å². The minimum atomic E-state index is -0.344. The minimum Gasteiger partial charge on any atom is -0.497 e. The van der Waals surface area contributed by atoms with E-state index < -0.39 is 0 Å². The van der Waals surface area contributed by atoms with Crippen LogP contribution in [0.2, 0.25) is 0 Å². The van der Waals surface area contributed by atoms with Gasteiger partial charge in [-0.05, 0) is 48.5 Å². The van der Waals surface area contributed by atoms with Crippen molar-refractivity contribution in [3.8, 4) is 11.5 Å². The summed E-state index contributed by atoms with van der Waals surface area (Å²) in [6.45, 7) is 0.0996. The molecular formula is C15H14BrNO3. The van der Waals surface area contributed by atoms with Crippen molar-refractivity contribution in [3.63, 3.8) is 0 Å². The van der Waals surface area contributed by atoms with Crippen LogP contribution < -0.4 is 14.8 Å². The Morgan fingerprint density at radius 2 is 1.65 bits per heavy atom. The van der Waals surface area contributed by atoms with Gasteiger partial charge in [0.1, 0.15) is 18.0 Å². The molecule has 0 aliphatic carbocycles. The van der Waals surface area contributed by atoms with Gasteiger partial charge >= 0.3 is 5.97 Å². The molecule has 0 unspecified atom stereocenters. The highest BCUT2D eigenvalue weighted by Crippen LogP contribution is 2.17. The van der Waals surface area contributed by atoms with Gasteiger partial charge in [-0.15, -0.1) is 0 Å². The maximum Gasteiger partial charge on any atom is 0.330 e. The van der Waals surface area contributed by atoms with Crippen molar-refractivity contribution in [1.82, 2.24) is 0 Å². The molecule has 0 saturated heterocycles. The molecule has 2 rings (SSSR count). The Morgan fingerprint density at radius 3 is 2.25 bits per heavy atom. The maximum atomic E-state index is 11.7. The molecule has 104 valence electrons. The van der Waals surface area contributed by atoms with Crippen LogP contribution in [0.1, 0.15) is 0 Å². The molecule has 2 aromatic rings. The summed E-state index contributed by atoms with van der Waals surface area (Å²) in [5.41, 5.74) is 0.832. The molecule has 0 aromatic heterocycles. The van der Waals surface area contributed by atoms with Crippen molar-refractivity contribution in [2.75, 3.05) is 19.0 Å². The Morgan fingerprint density at radius 1 is 1.05 bits per heavy atom. The van der Waals surface area contributed by atoms with Crippen LogP contribution in [0.15, 0.2) is 53.0 Å². The molecule has 0 aliphatic rings. The lowest BCUT2D eigenvalue weighted by Crippen LogP contribution is -2.19. The van der Waals surface area contributed by atoms with Crippen LogP contribution in [0.5, 0.6) is 11.5 Å². The van der Waals surface area contributed by atoms with Crippen LogP contribution in [-0.4, -0.2) is 19.6 Å². The summed E-state index contributed by atoms with van der Waals surface area (Å²) in [7, 11) is 1.61. The number of halogens is 1. The summed E-state index contributed by atoms with van der Waals surface area (Å²) in [6.07, 6.45) is 0. The van der Waals surface area contributed by atoms with Gasteiger partial charge in [-0.2, -0.15) is 0 Å². The molecule has 5 heteroatoms. The Bertz CT molecular complexity index is 567. The molecule has 0 aliphatic heterocycles. The van der Waals surface area contributed by atoms with Crippen LogP contribution >= 0.6 is 15.9 Å². The van der Waals surface area contributed by atoms with Gasteiger partial charge in [-0.3, -0.25) is 0 Å². The first-order valence-electron chi connectivity index (χ1n) is 6.01. The highest BCUT2D eigenvalue weighted by atomic mass is 79.9. The van der Waals surface area contributed by atoms with E-state index in [9.17, 15) is 4.79 Å². The lowest BCUT2D eigenvalue weighted by atomic mass is 10.3. The average Bonchev–Trinajstić information content (AvgIpc) is 2.48. The van der Waals surface area contributed by atoms with Gasteiger partial charge in [0.2, 0.25) is 0 Å². The third-order valence-electron chi connectivity index (χ3n) is 2.57. The summed E-state index contributed by atoms with van der Waals surface area (Å²) < 4.78 is 11.2. The largest absolute Gasteiger partial charge is 0.497 e. The third kappa shape index (κ3) is 4.28. The molecule has 0 heterocycles. The van der Waals surface area contributed by atoms with E-state index in [2.05, 4.69) is 21.2 Å². The van der Waals surface area contributed by atoms with E-state index >= 15 is 0 Å². The highest BCUT2D eigenvalue weighted by molar-refractivity contribution is 9.10. The van der Waals surface area contributed by atoms with Crippen molar-refractivity contribution in [2.24, 2.45) is 0 Å². The normalized spacial score (nSPS) is 9.90. The van der Waals surface area contributed by atoms with Crippen molar-refractivity contribution >= 4 is 27.6 Å². The molecule has 2 aromatic carbocycles. The quantitative estimate of drug-likeness (QED) is 0.671. The fourth-order valence-electron chi connectivity index (χ4n) is 1.55. The lowest BCUT2D eigenvalue weighted by molar-refractivity contribution is -0.132. The number of anilines is 1. The molecular weight excluding hydrogens is 322 g/mol. The number of carbonyl (C=O) groups is 1. The molecule has 0 bridgehead atoms. The number of carbonyl (C=O) groups excluding carboxylic acids is 1. The van der Waals surface area contributed by atoms with Crippen LogP contribution in [-0.2, 0) is 4.79 Å². The first-order valence-corrected chi connectivity index (χ1v) is 6.81. The second kappa shape index (κ2) is 6.96. The molecule has 1 N–H and O–H groups in total. The lowest BCUT2D eigenvalue weighted by Gasteiger charge is -2.07. The number of hydrogen-bond acceptors (Lipinski definition) is 4. The second-order valence-corrected chi connectivity index (χ2v) is 4.93. The van der Waals surface area contributed by atoms with E-state index in [-0.39, 0.29) is 12.5 Å². The number of benzene rings is 2.